The number of nitrogens with zero attached hydrogens (tertiary/aromatic N) is 2. The molecule has 1 saturated carbocycles. The Labute approximate surface area is 139 Å². The maximum absolute atomic E-state index is 13.2. The van der Waals surface area contributed by atoms with Crippen LogP contribution in [0.25, 0.3) is 0 Å². The average molecular weight is 338 g/mol. The van der Waals surface area contributed by atoms with Gasteiger partial charge in [-0.25, -0.2) is 8.42 Å². The molecule has 128 valence electrons. The van der Waals surface area contributed by atoms with E-state index in [9.17, 15) is 8.42 Å². The third-order valence-electron chi connectivity index (χ3n) is 4.69. The van der Waals surface area contributed by atoms with Crippen LogP contribution < -0.4 is 4.90 Å². The van der Waals surface area contributed by atoms with Crippen LogP contribution in [0.5, 0.6) is 0 Å². The lowest BCUT2D eigenvalue weighted by atomic mass is 10.1. The van der Waals surface area contributed by atoms with Crippen LogP contribution in [0.4, 0.5) is 5.69 Å². The molecule has 2 fully saturated rings. The van der Waals surface area contributed by atoms with Crippen LogP contribution in [0, 0.1) is 12.8 Å². The maximum atomic E-state index is 13.2. The first-order valence-corrected chi connectivity index (χ1v) is 9.71. The van der Waals surface area contributed by atoms with Gasteiger partial charge in [0.15, 0.2) is 0 Å². The number of benzene rings is 1. The second kappa shape index (κ2) is 6.42. The van der Waals surface area contributed by atoms with Crippen molar-refractivity contribution in [3.63, 3.8) is 0 Å². The fourth-order valence-corrected chi connectivity index (χ4v) is 4.94. The summed E-state index contributed by atoms with van der Waals surface area (Å²) >= 11 is 0. The van der Waals surface area contributed by atoms with Crippen LogP contribution in [-0.4, -0.2) is 52.6 Å². The van der Waals surface area contributed by atoms with Crippen molar-refractivity contribution in [2.75, 3.05) is 38.8 Å². The number of ether oxygens (including phenoxy) is 1. The molecule has 2 aliphatic rings. The molecule has 3 rings (SSSR count). The predicted molar refractivity (Wildman–Crippen MR) is 91.3 cm³/mol. The van der Waals surface area contributed by atoms with Crippen molar-refractivity contribution in [3.05, 3.63) is 23.8 Å². The summed E-state index contributed by atoms with van der Waals surface area (Å²) < 4.78 is 33.4. The van der Waals surface area contributed by atoms with Gasteiger partial charge < -0.3 is 9.64 Å². The van der Waals surface area contributed by atoms with Gasteiger partial charge in [-0.2, -0.15) is 4.31 Å². The zero-order chi connectivity index (χ0) is 16.6. The Hall–Kier alpha value is -1.11. The van der Waals surface area contributed by atoms with E-state index in [1.54, 1.807) is 16.4 Å². The largest absolute Gasteiger partial charge is 0.381 e. The summed E-state index contributed by atoms with van der Waals surface area (Å²) in [5, 5.41) is 0. The third-order valence-corrected chi connectivity index (χ3v) is 6.60. The number of rotatable bonds is 6. The van der Waals surface area contributed by atoms with E-state index in [2.05, 4.69) is 0 Å². The molecule has 0 aromatic heterocycles. The standard InChI is InChI=1S/C17H26N2O3S/c1-13-4-7-16(10-17(13)18(2)3)23(20,21)19(15-5-6-15)11-14-8-9-22-12-14/h4,7,10,14-15H,5-6,8-9,11-12H2,1-3H3/t14-/m0/s1. The highest BCUT2D eigenvalue weighted by atomic mass is 32.2. The Morgan fingerprint density at radius 1 is 1.22 bits per heavy atom. The van der Waals surface area contributed by atoms with Crippen molar-refractivity contribution < 1.29 is 13.2 Å². The Balaban J connectivity index is 1.90. The highest BCUT2D eigenvalue weighted by molar-refractivity contribution is 7.89. The van der Waals surface area contributed by atoms with Crippen molar-refractivity contribution in [1.29, 1.82) is 0 Å². The minimum absolute atomic E-state index is 0.171. The number of hydrogen-bond acceptors (Lipinski definition) is 4. The van der Waals surface area contributed by atoms with Gasteiger partial charge in [-0.15, -0.1) is 0 Å². The van der Waals surface area contributed by atoms with Gasteiger partial charge in [-0.3, -0.25) is 0 Å². The lowest BCUT2D eigenvalue weighted by molar-refractivity contribution is 0.180. The van der Waals surface area contributed by atoms with Gasteiger partial charge in [0.25, 0.3) is 0 Å². The summed E-state index contributed by atoms with van der Waals surface area (Å²) in [6, 6.07) is 5.60. The van der Waals surface area contributed by atoms with E-state index in [-0.39, 0.29) is 6.04 Å². The molecule has 1 aliphatic heterocycles. The Kier molecular flexibility index (Phi) is 4.67. The van der Waals surface area contributed by atoms with Crippen molar-refractivity contribution in [1.82, 2.24) is 4.31 Å². The molecule has 0 amide bonds. The van der Waals surface area contributed by atoms with Crippen LogP contribution in [0.3, 0.4) is 0 Å². The molecule has 0 bridgehead atoms. The Morgan fingerprint density at radius 2 is 1.96 bits per heavy atom. The molecule has 1 heterocycles. The SMILES string of the molecule is Cc1ccc(S(=O)(=O)N(C[C@@H]2CCOC2)C2CC2)cc1N(C)C. The Morgan fingerprint density at radius 3 is 2.52 bits per heavy atom. The molecule has 23 heavy (non-hydrogen) atoms. The molecule has 0 unspecified atom stereocenters. The van der Waals surface area contributed by atoms with Crippen molar-refractivity contribution in [3.8, 4) is 0 Å². The molecular formula is C17H26N2O3S. The van der Waals surface area contributed by atoms with Gasteiger partial charge in [0.1, 0.15) is 0 Å². The maximum Gasteiger partial charge on any atom is 0.243 e. The average Bonchev–Trinajstić information content (AvgIpc) is 3.20. The third kappa shape index (κ3) is 3.54. The first-order chi connectivity index (χ1) is 10.9. The summed E-state index contributed by atoms with van der Waals surface area (Å²) in [5.41, 5.74) is 2.03. The van der Waals surface area contributed by atoms with Gasteiger partial charge in [0.05, 0.1) is 11.5 Å². The molecule has 1 aliphatic carbocycles. The topological polar surface area (TPSA) is 49.9 Å². The lowest BCUT2D eigenvalue weighted by Gasteiger charge is -2.25. The quantitative estimate of drug-likeness (QED) is 0.798. The first kappa shape index (κ1) is 16.7. The second-order valence-electron chi connectivity index (χ2n) is 6.88. The molecule has 1 saturated heterocycles. The molecule has 1 atom stereocenters. The fraction of sp³-hybridized carbons (Fsp3) is 0.647. The van der Waals surface area contributed by atoms with Gasteiger partial charge in [-0.1, -0.05) is 6.07 Å². The number of aryl methyl sites for hydroxylation is 1. The van der Waals surface area contributed by atoms with Crippen LogP contribution in [0.15, 0.2) is 23.1 Å². The first-order valence-electron chi connectivity index (χ1n) is 8.27. The molecular weight excluding hydrogens is 312 g/mol. The van der Waals surface area contributed by atoms with Crippen LogP contribution in [0.2, 0.25) is 0 Å². The zero-order valence-electron chi connectivity index (χ0n) is 14.2. The van der Waals surface area contributed by atoms with E-state index in [1.165, 1.54) is 0 Å². The van der Waals surface area contributed by atoms with E-state index < -0.39 is 10.0 Å². The van der Waals surface area contributed by atoms with Crippen LogP contribution in [-0.2, 0) is 14.8 Å². The van der Waals surface area contributed by atoms with Crippen molar-refractivity contribution >= 4 is 15.7 Å². The zero-order valence-corrected chi connectivity index (χ0v) is 15.0. The van der Waals surface area contributed by atoms with E-state index in [0.29, 0.717) is 24.0 Å². The summed E-state index contributed by atoms with van der Waals surface area (Å²) in [7, 11) is 0.429. The minimum Gasteiger partial charge on any atom is -0.381 e. The molecule has 0 N–H and O–H groups in total. The predicted octanol–water partition coefficient (Wildman–Crippen LogP) is 2.25. The highest BCUT2D eigenvalue weighted by Gasteiger charge is 2.39. The number of hydrogen-bond donors (Lipinski definition) is 0. The van der Waals surface area contributed by atoms with Crippen molar-refractivity contribution in [2.24, 2.45) is 5.92 Å². The summed E-state index contributed by atoms with van der Waals surface area (Å²) in [6.45, 7) is 4.01. The molecule has 0 spiro atoms. The van der Waals surface area contributed by atoms with Crippen LogP contribution >= 0.6 is 0 Å². The van der Waals surface area contributed by atoms with Gasteiger partial charge in [-0.05, 0) is 49.8 Å². The van der Waals surface area contributed by atoms with E-state index in [4.69, 9.17) is 4.74 Å². The Bertz CT molecular complexity index is 662. The summed E-state index contributed by atoms with van der Waals surface area (Å²) in [5.74, 6) is 0.323. The fourth-order valence-electron chi connectivity index (χ4n) is 3.15. The molecule has 0 radical (unpaired) electrons. The normalized spacial score (nSPS) is 21.8. The van der Waals surface area contributed by atoms with Gasteiger partial charge in [0.2, 0.25) is 10.0 Å². The number of sulfonamides is 1. The molecule has 5 nitrogen and oxygen atoms in total. The number of anilines is 1. The van der Waals surface area contributed by atoms with E-state index >= 15 is 0 Å². The minimum atomic E-state index is -3.45. The van der Waals surface area contributed by atoms with Crippen LogP contribution in [0.1, 0.15) is 24.8 Å². The molecule has 1 aromatic carbocycles. The second-order valence-corrected chi connectivity index (χ2v) is 8.77. The van der Waals surface area contributed by atoms with E-state index in [1.807, 2.05) is 32.0 Å². The summed E-state index contributed by atoms with van der Waals surface area (Å²) in [6.07, 6.45) is 2.90. The lowest BCUT2D eigenvalue weighted by Crippen LogP contribution is -2.37. The smallest absolute Gasteiger partial charge is 0.243 e. The van der Waals surface area contributed by atoms with Crippen molar-refractivity contribution in [2.45, 2.75) is 37.1 Å². The molecule has 6 heteroatoms. The monoisotopic (exact) mass is 338 g/mol. The summed E-state index contributed by atoms with van der Waals surface area (Å²) in [4.78, 5) is 2.36. The highest BCUT2D eigenvalue weighted by Crippen LogP contribution is 2.35. The van der Waals surface area contributed by atoms with E-state index in [0.717, 1.165) is 37.1 Å². The van der Waals surface area contributed by atoms with Gasteiger partial charge >= 0.3 is 0 Å². The molecule has 1 aromatic rings. The van der Waals surface area contributed by atoms with Gasteiger partial charge in [0, 0.05) is 39.0 Å².